The average molecular weight is 653 g/mol. The Hall–Kier alpha value is -2.06. The van der Waals surface area contributed by atoms with Crippen molar-refractivity contribution in [2.45, 2.75) is 49.7 Å². The Morgan fingerprint density at radius 1 is 1.10 bits per heavy atom. The molecule has 22 heteroatoms. The summed E-state index contributed by atoms with van der Waals surface area (Å²) >= 11 is 8.77. The summed E-state index contributed by atoms with van der Waals surface area (Å²) in [6.45, 7) is -9.18. The molecule has 5 rings (SSSR count). The molecule has 5 heterocycles. The highest BCUT2D eigenvalue weighted by Gasteiger charge is 2.43. The van der Waals surface area contributed by atoms with Gasteiger partial charge in [-0.2, -0.15) is 4.98 Å². The first-order valence-corrected chi connectivity index (χ1v) is 17.2. The van der Waals surface area contributed by atoms with Crippen LogP contribution in [-0.2, 0) is 39.4 Å². The van der Waals surface area contributed by atoms with Gasteiger partial charge in [0, 0.05) is 19.0 Å². The summed E-state index contributed by atoms with van der Waals surface area (Å²) in [6, 6.07) is 1.41. The first-order valence-electron chi connectivity index (χ1n) is 11.9. The van der Waals surface area contributed by atoms with Gasteiger partial charge in [-0.1, -0.05) is 12.2 Å². The van der Waals surface area contributed by atoms with Crippen LogP contribution >= 0.6 is 25.8 Å². The second kappa shape index (κ2) is 11.9. The number of nitrogens with zero attached hydrogens (tertiary/aromatic N) is 6. The van der Waals surface area contributed by atoms with Crippen molar-refractivity contribution in [3.63, 3.8) is 0 Å². The number of aromatic nitrogens is 6. The molecule has 18 nitrogen and oxygen atoms in total. The van der Waals surface area contributed by atoms with E-state index in [1.54, 1.807) is 4.57 Å². The van der Waals surface area contributed by atoms with Crippen LogP contribution in [0.3, 0.4) is 0 Å². The van der Waals surface area contributed by atoms with Crippen molar-refractivity contribution < 1.29 is 42.5 Å². The monoisotopic (exact) mass is 652 g/mol. The lowest BCUT2D eigenvalue weighted by Gasteiger charge is -2.25. The predicted octanol–water partition coefficient (Wildman–Crippen LogP) is -0.151. The number of fused-ring (bicyclic) bond motifs is 1. The maximum Gasteiger partial charge on any atom is 0.383 e. The fourth-order valence-electron chi connectivity index (χ4n) is 4.55. The second-order valence-electron chi connectivity index (χ2n) is 9.08. The highest BCUT2D eigenvalue weighted by molar-refractivity contribution is 8.44. The molecule has 0 bridgehead atoms. The van der Waals surface area contributed by atoms with Crippen LogP contribution in [-0.4, -0.2) is 81.6 Å². The minimum absolute atomic E-state index is 0.0266. The van der Waals surface area contributed by atoms with Gasteiger partial charge in [-0.05, 0) is 17.9 Å². The van der Waals surface area contributed by atoms with Gasteiger partial charge in [0.2, 0.25) is 0 Å². The molecule has 0 aliphatic carbocycles. The van der Waals surface area contributed by atoms with Crippen molar-refractivity contribution in [2.75, 3.05) is 24.7 Å². The van der Waals surface area contributed by atoms with Gasteiger partial charge in [-0.15, -0.1) is 0 Å². The summed E-state index contributed by atoms with van der Waals surface area (Å²) in [5.41, 5.74) is 11.4. The van der Waals surface area contributed by atoms with Crippen LogP contribution in [0.4, 0.5) is 11.6 Å². The molecule has 0 amide bonds. The number of nitrogens with two attached hydrogens (primary N) is 2. The number of thiol groups is 1. The molecule has 8 atom stereocenters. The fraction of sp³-hybridized carbons (Fsp3) is 0.526. The van der Waals surface area contributed by atoms with E-state index in [9.17, 15) is 24.3 Å². The molecule has 2 fully saturated rings. The maximum absolute atomic E-state index is 12.2. The normalized spacial score (nSPS) is 29.5. The lowest BCUT2D eigenvalue weighted by Crippen LogP contribution is -2.30. The molecule has 4 unspecified atom stereocenters. The van der Waals surface area contributed by atoms with Gasteiger partial charge in [0.25, 0.3) is 0 Å². The molecule has 0 radical (unpaired) electrons. The summed E-state index contributed by atoms with van der Waals surface area (Å²) in [5, 5.41) is 9.78. The Kier molecular flexibility index (Phi) is 8.83. The van der Waals surface area contributed by atoms with Crippen molar-refractivity contribution >= 4 is 60.4 Å². The van der Waals surface area contributed by atoms with Crippen molar-refractivity contribution in [1.29, 1.82) is 0 Å². The van der Waals surface area contributed by atoms with Crippen LogP contribution in [0, 0.1) is 0 Å². The van der Waals surface area contributed by atoms with E-state index in [-0.39, 0.29) is 24.5 Å². The Morgan fingerprint density at radius 2 is 1.78 bits per heavy atom. The number of rotatable bonds is 10. The number of hydrogen-bond acceptors (Lipinski definition) is 15. The van der Waals surface area contributed by atoms with Crippen LogP contribution in [0.25, 0.3) is 11.2 Å². The zero-order valence-electron chi connectivity index (χ0n) is 20.9. The third-order valence-corrected chi connectivity index (χ3v) is 8.76. The smallest absolute Gasteiger partial charge is 0.383 e. The van der Waals surface area contributed by atoms with Gasteiger partial charge < -0.3 is 44.9 Å². The first kappa shape index (κ1) is 30.4. The van der Waals surface area contributed by atoms with Crippen molar-refractivity contribution in [1.82, 2.24) is 29.1 Å². The first-order chi connectivity index (χ1) is 19.3. The Morgan fingerprint density at radius 3 is 2.46 bits per heavy atom. The van der Waals surface area contributed by atoms with E-state index in [1.165, 1.54) is 29.5 Å². The van der Waals surface area contributed by atoms with Gasteiger partial charge in [-0.3, -0.25) is 13.7 Å². The van der Waals surface area contributed by atoms with E-state index in [0.717, 1.165) is 0 Å². The van der Waals surface area contributed by atoms with Crippen LogP contribution in [0.5, 0.6) is 0 Å². The lowest BCUT2D eigenvalue weighted by atomic mass is 10.2. The van der Waals surface area contributed by atoms with E-state index < -0.39 is 69.3 Å². The molecular weight excluding hydrogens is 626 g/mol. The van der Waals surface area contributed by atoms with E-state index in [1.807, 2.05) is 0 Å². The van der Waals surface area contributed by atoms with Crippen LogP contribution < -0.4 is 17.2 Å². The van der Waals surface area contributed by atoms with E-state index in [0.29, 0.717) is 11.2 Å². The Labute approximate surface area is 241 Å². The Balaban J connectivity index is 1.27. The zero-order chi connectivity index (χ0) is 29.5. The molecule has 41 heavy (non-hydrogen) atoms. The van der Waals surface area contributed by atoms with E-state index >= 15 is 0 Å². The van der Waals surface area contributed by atoms with E-state index in [4.69, 9.17) is 46.3 Å². The van der Waals surface area contributed by atoms with Crippen molar-refractivity contribution in [2.24, 2.45) is 0 Å². The summed E-state index contributed by atoms with van der Waals surface area (Å²) < 4.78 is 42.7. The molecule has 224 valence electrons. The van der Waals surface area contributed by atoms with Crippen molar-refractivity contribution in [3.05, 3.63) is 35.4 Å². The molecule has 2 aliphatic rings. The molecule has 3 aromatic heterocycles. The van der Waals surface area contributed by atoms with Crippen LogP contribution in [0.1, 0.15) is 25.3 Å². The van der Waals surface area contributed by atoms with Crippen LogP contribution in [0.2, 0.25) is 0 Å². The van der Waals surface area contributed by atoms with Gasteiger partial charge in [0.15, 0.2) is 11.5 Å². The highest BCUT2D eigenvalue weighted by atomic mass is 32.7. The number of aliphatic hydroxyl groups is 1. The molecule has 0 saturated carbocycles. The summed E-state index contributed by atoms with van der Waals surface area (Å²) in [4.78, 5) is 48.7. The number of hydrogen-bond donors (Lipinski definition) is 6. The SMILES string of the molecule is Nc1ccn([C@H]2CC(OP(O)(=S)OC[C@H]3O[C@@H](n4cnc5c(N)ncnc54)CC3OP(=O)(O)S)[C@@H](CO)O2)c(=O)n1. The van der Waals surface area contributed by atoms with Gasteiger partial charge >= 0.3 is 19.2 Å². The topological polar surface area (TPSA) is 254 Å². The van der Waals surface area contributed by atoms with Gasteiger partial charge in [-0.25, -0.2) is 24.3 Å². The maximum atomic E-state index is 12.2. The Bertz CT molecular complexity index is 1570. The largest absolute Gasteiger partial charge is 0.394 e. The van der Waals surface area contributed by atoms with E-state index in [2.05, 4.69) is 32.2 Å². The molecule has 2 saturated heterocycles. The molecule has 3 aromatic rings. The molecule has 0 spiro atoms. The predicted molar refractivity (Wildman–Crippen MR) is 148 cm³/mol. The second-order valence-corrected chi connectivity index (χ2v) is 14.6. The minimum atomic E-state index is -4.26. The van der Waals surface area contributed by atoms with Gasteiger partial charge in [0.05, 0.1) is 25.6 Å². The number of ether oxygens (including phenoxy) is 2. The summed E-state index contributed by atoms with van der Waals surface area (Å²) in [5.74, 6) is 0.187. The molecular formula is C19H26N8O10P2S2. The van der Waals surface area contributed by atoms with Crippen LogP contribution in [0.15, 0.2) is 29.7 Å². The quantitative estimate of drug-likeness (QED) is 0.123. The number of imidazole rings is 1. The molecule has 7 N–H and O–H groups in total. The molecule has 0 aromatic carbocycles. The minimum Gasteiger partial charge on any atom is -0.394 e. The summed E-state index contributed by atoms with van der Waals surface area (Å²) in [7, 11) is 0. The lowest BCUT2D eigenvalue weighted by molar-refractivity contribution is -0.0505. The van der Waals surface area contributed by atoms with Crippen molar-refractivity contribution in [3.8, 4) is 0 Å². The number of aliphatic hydroxyl groups excluding tert-OH is 1. The number of nitrogen functional groups attached to an aromatic ring is 2. The van der Waals surface area contributed by atoms with Gasteiger partial charge in [0.1, 0.15) is 48.4 Å². The fourth-order valence-corrected chi connectivity index (χ4v) is 6.96. The zero-order valence-corrected chi connectivity index (χ0v) is 24.4. The standard InChI is InChI=1S/C19H26N8O10P2S2/c20-13-1-2-26(19(29)25-13)14-3-9(11(5-28)34-14)37-39(32,41)33-6-12-10(36-38(30,31)40)4-15(35-12)27-8-24-16-17(21)22-7-23-18(16)27/h1-2,7-12,14-15,28H,3-6H2,(H,32,41)(H2,20,25,29)(H2,21,22,23)(H2,30,31,40)/t9?,10?,11-,12-,14-,15-,39?/m1/s1. The number of anilines is 2. The third kappa shape index (κ3) is 6.96. The summed E-state index contributed by atoms with van der Waals surface area (Å²) in [6.07, 6.45) is -1.43. The highest BCUT2D eigenvalue weighted by Crippen LogP contribution is 2.53. The third-order valence-electron chi connectivity index (χ3n) is 6.34. The average Bonchev–Trinajstić information content (AvgIpc) is 3.59. The molecule has 2 aliphatic heterocycles.